The lowest BCUT2D eigenvalue weighted by atomic mass is 10.5. The van der Waals surface area contributed by atoms with Crippen molar-refractivity contribution in [2.75, 3.05) is 14.2 Å². The summed E-state index contributed by atoms with van der Waals surface area (Å²) in [5, 5.41) is 4.48. The van der Waals surface area contributed by atoms with Gasteiger partial charge in [-0.2, -0.15) is 0 Å². The van der Waals surface area contributed by atoms with Crippen molar-refractivity contribution in [3.05, 3.63) is 15.4 Å². The van der Waals surface area contributed by atoms with E-state index in [-0.39, 0.29) is 0 Å². The molecule has 1 aromatic heterocycles. The molecule has 0 atom stereocenters. The summed E-state index contributed by atoms with van der Waals surface area (Å²) < 4.78 is 6.01. The lowest BCUT2D eigenvalue weighted by Crippen LogP contribution is -1.75. The van der Waals surface area contributed by atoms with Crippen LogP contribution in [0.5, 0.6) is 5.06 Å². The number of hydrogen-bond acceptors (Lipinski definition) is 4. The predicted molar refractivity (Wildman–Crippen MR) is 53.2 cm³/mol. The first-order valence-corrected chi connectivity index (χ1v) is 4.78. The molecule has 0 bridgehead atoms. The van der Waals surface area contributed by atoms with Crippen LogP contribution in [-0.4, -0.2) is 20.4 Å². The van der Waals surface area contributed by atoms with Gasteiger partial charge >= 0.3 is 0 Å². The number of hydrogen-bond donors (Lipinski definition) is 0. The van der Waals surface area contributed by atoms with Gasteiger partial charge in [-0.3, -0.25) is 0 Å². The highest BCUT2D eigenvalue weighted by Crippen LogP contribution is 2.33. The zero-order chi connectivity index (χ0) is 8.97. The Morgan fingerprint density at radius 3 is 2.83 bits per heavy atom. The molecule has 0 fully saturated rings. The molecule has 0 aliphatic heterocycles. The zero-order valence-electron chi connectivity index (χ0n) is 6.70. The van der Waals surface area contributed by atoms with Crippen LogP contribution >= 0.6 is 27.3 Å². The monoisotopic (exact) mass is 249 g/mol. The van der Waals surface area contributed by atoms with E-state index >= 15 is 0 Å². The fraction of sp³-hybridized carbons (Fsp3) is 0.286. The van der Waals surface area contributed by atoms with E-state index in [0.717, 1.165) is 14.4 Å². The number of nitrogens with zero attached hydrogens (tertiary/aromatic N) is 1. The summed E-state index contributed by atoms with van der Waals surface area (Å²) in [6.45, 7) is 0. The second-order valence-electron chi connectivity index (χ2n) is 1.91. The van der Waals surface area contributed by atoms with Crippen LogP contribution in [-0.2, 0) is 4.84 Å². The molecule has 0 saturated heterocycles. The minimum Gasteiger partial charge on any atom is -0.486 e. The van der Waals surface area contributed by atoms with Gasteiger partial charge in [0.1, 0.15) is 7.11 Å². The normalized spacial score (nSPS) is 10.6. The Kier molecular flexibility index (Phi) is 3.55. The number of ether oxygens (including phenoxy) is 1. The molecule has 0 saturated carbocycles. The van der Waals surface area contributed by atoms with Crippen molar-refractivity contribution < 1.29 is 9.57 Å². The maximum atomic E-state index is 5.07. The average Bonchev–Trinajstić information content (AvgIpc) is 2.43. The van der Waals surface area contributed by atoms with Crippen molar-refractivity contribution in [1.29, 1.82) is 0 Å². The Labute approximate surface area is 83.1 Å². The molecule has 1 aromatic rings. The summed E-state index contributed by atoms with van der Waals surface area (Å²) in [5.41, 5.74) is 0. The van der Waals surface area contributed by atoms with Gasteiger partial charge in [0.05, 0.1) is 22.7 Å². The maximum Gasteiger partial charge on any atom is 0.188 e. The SMILES string of the molecule is CO/N=C/c1cc(Br)c(OC)s1. The van der Waals surface area contributed by atoms with Gasteiger partial charge in [-0.1, -0.05) is 16.5 Å². The second-order valence-corrected chi connectivity index (χ2v) is 3.81. The van der Waals surface area contributed by atoms with Crippen LogP contribution in [0.25, 0.3) is 0 Å². The number of halogens is 1. The lowest BCUT2D eigenvalue weighted by molar-refractivity contribution is 0.215. The number of thiophene rings is 1. The Hall–Kier alpha value is -0.550. The van der Waals surface area contributed by atoms with E-state index in [0.29, 0.717) is 0 Å². The molecular weight excluding hydrogens is 242 g/mol. The van der Waals surface area contributed by atoms with Gasteiger partial charge in [-0.05, 0) is 22.0 Å². The largest absolute Gasteiger partial charge is 0.486 e. The molecular formula is C7H8BrNO2S. The molecule has 66 valence electrons. The van der Waals surface area contributed by atoms with Crippen LogP contribution in [0.15, 0.2) is 15.7 Å². The molecule has 0 aromatic carbocycles. The third kappa shape index (κ3) is 2.22. The average molecular weight is 250 g/mol. The van der Waals surface area contributed by atoms with Crippen molar-refractivity contribution in [2.24, 2.45) is 5.16 Å². The van der Waals surface area contributed by atoms with Crippen molar-refractivity contribution >= 4 is 33.5 Å². The highest BCUT2D eigenvalue weighted by molar-refractivity contribution is 9.10. The first-order chi connectivity index (χ1) is 5.77. The van der Waals surface area contributed by atoms with E-state index < -0.39 is 0 Å². The number of methoxy groups -OCH3 is 1. The van der Waals surface area contributed by atoms with Crippen LogP contribution in [0.3, 0.4) is 0 Å². The minimum atomic E-state index is 0.840. The Morgan fingerprint density at radius 2 is 2.33 bits per heavy atom. The standard InChI is InChI=1S/C7H8BrNO2S/c1-10-7-6(8)3-5(12-7)4-9-11-2/h3-4H,1-2H3/b9-4+. The Morgan fingerprint density at radius 1 is 1.58 bits per heavy atom. The van der Waals surface area contributed by atoms with Gasteiger partial charge in [0.25, 0.3) is 0 Å². The second kappa shape index (κ2) is 4.47. The summed E-state index contributed by atoms with van der Waals surface area (Å²) >= 11 is 4.85. The first-order valence-electron chi connectivity index (χ1n) is 3.17. The van der Waals surface area contributed by atoms with Crippen LogP contribution in [0.1, 0.15) is 4.88 Å². The minimum absolute atomic E-state index is 0.840. The van der Waals surface area contributed by atoms with Crippen molar-refractivity contribution in [3.8, 4) is 5.06 Å². The lowest BCUT2D eigenvalue weighted by Gasteiger charge is -1.91. The summed E-state index contributed by atoms with van der Waals surface area (Å²) in [4.78, 5) is 5.54. The van der Waals surface area contributed by atoms with Gasteiger partial charge in [0, 0.05) is 0 Å². The molecule has 0 N–H and O–H groups in total. The van der Waals surface area contributed by atoms with E-state index in [1.807, 2.05) is 6.07 Å². The topological polar surface area (TPSA) is 30.8 Å². The molecule has 1 rings (SSSR count). The maximum absolute atomic E-state index is 5.07. The first kappa shape index (κ1) is 9.54. The third-order valence-corrected chi connectivity index (χ3v) is 3.03. The molecule has 0 radical (unpaired) electrons. The van der Waals surface area contributed by atoms with Crippen molar-refractivity contribution in [2.45, 2.75) is 0 Å². The van der Waals surface area contributed by atoms with Crippen LogP contribution in [0.2, 0.25) is 0 Å². The molecule has 3 nitrogen and oxygen atoms in total. The van der Waals surface area contributed by atoms with E-state index in [9.17, 15) is 0 Å². The highest BCUT2D eigenvalue weighted by atomic mass is 79.9. The van der Waals surface area contributed by atoms with E-state index in [1.54, 1.807) is 13.3 Å². The highest BCUT2D eigenvalue weighted by Gasteiger charge is 2.04. The predicted octanol–water partition coefficient (Wildman–Crippen LogP) is 2.50. The molecule has 1 heterocycles. The summed E-state index contributed by atoms with van der Waals surface area (Å²) in [6, 6.07) is 1.92. The molecule has 0 amide bonds. The van der Waals surface area contributed by atoms with Gasteiger partial charge in [-0.15, -0.1) is 0 Å². The van der Waals surface area contributed by atoms with Crippen molar-refractivity contribution in [1.82, 2.24) is 0 Å². The Bertz CT molecular complexity index is 285. The van der Waals surface area contributed by atoms with E-state index in [1.165, 1.54) is 18.4 Å². The molecule has 0 aliphatic rings. The fourth-order valence-corrected chi connectivity index (χ4v) is 2.21. The summed E-state index contributed by atoms with van der Waals surface area (Å²) in [6.07, 6.45) is 1.64. The smallest absolute Gasteiger partial charge is 0.188 e. The molecule has 5 heteroatoms. The van der Waals surface area contributed by atoms with Crippen LogP contribution in [0.4, 0.5) is 0 Å². The third-order valence-electron chi connectivity index (χ3n) is 1.15. The van der Waals surface area contributed by atoms with Crippen LogP contribution < -0.4 is 4.74 Å². The molecule has 0 spiro atoms. The summed E-state index contributed by atoms with van der Waals surface area (Å²) in [7, 11) is 3.14. The van der Waals surface area contributed by atoms with Gasteiger partial charge in [0.15, 0.2) is 5.06 Å². The molecule has 0 aliphatic carbocycles. The van der Waals surface area contributed by atoms with Gasteiger partial charge < -0.3 is 9.57 Å². The number of rotatable bonds is 3. The summed E-state index contributed by atoms with van der Waals surface area (Å²) in [5.74, 6) is 0. The number of oxime groups is 1. The van der Waals surface area contributed by atoms with Crippen LogP contribution in [0, 0.1) is 0 Å². The molecule has 0 unspecified atom stereocenters. The quantitative estimate of drug-likeness (QED) is 0.609. The molecule has 12 heavy (non-hydrogen) atoms. The zero-order valence-corrected chi connectivity index (χ0v) is 9.11. The van der Waals surface area contributed by atoms with E-state index in [4.69, 9.17) is 4.74 Å². The fourth-order valence-electron chi connectivity index (χ4n) is 0.677. The van der Waals surface area contributed by atoms with Gasteiger partial charge in [0.2, 0.25) is 0 Å². The van der Waals surface area contributed by atoms with Gasteiger partial charge in [-0.25, -0.2) is 0 Å². The van der Waals surface area contributed by atoms with E-state index in [2.05, 4.69) is 25.9 Å². The Balaban J connectivity index is 2.82. The van der Waals surface area contributed by atoms with Crippen molar-refractivity contribution in [3.63, 3.8) is 0 Å².